The molecular weight excluding hydrogens is 271 g/mol. The van der Waals surface area contributed by atoms with Gasteiger partial charge in [-0.1, -0.05) is 6.07 Å². The second kappa shape index (κ2) is 6.31. The summed E-state index contributed by atoms with van der Waals surface area (Å²) in [5.41, 5.74) is 0.531. The van der Waals surface area contributed by atoms with E-state index in [-0.39, 0.29) is 24.1 Å². The maximum atomic E-state index is 12.8. The summed E-state index contributed by atoms with van der Waals surface area (Å²) in [6, 6.07) is 3.49. The highest BCUT2D eigenvalue weighted by molar-refractivity contribution is 7.89. The quantitative estimate of drug-likeness (QED) is 0.822. The summed E-state index contributed by atoms with van der Waals surface area (Å²) in [4.78, 5) is 0. The number of nitrogens with one attached hydrogen (secondary N) is 1. The average molecular weight is 290 g/mol. The van der Waals surface area contributed by atoms with E-state index in [4.69, 9.17) is 0 Å². The molecule has 1 atom stereocenters. The Hall–Kier alpha value is -1.18. The highest BCUT2D eigenvalue weighted by atomic mass is 32.2. The molecule has 0 fully saturated rings. The van der Waals surface area contributed by atoms with Crippen LogP contribution in [0.1, 0.15) is 18.5 Å². The standard InChI is InChI=1S/C12H19FN2O3S/c1-9(11-5-4-10(13)8-12(11)16)14-6-7-19(17,18)15(2)3/h4-5,8-9,14,16H,6-7H2,1-3H3. The number of aromatic hydroxyl groups is 1. The number of hydrogen-bond donors (Lipinski definition) is 2. The van der Waals surface area contributed by atoms with E-state index in [1.165, 1.54) is 26.2 Å². The van der Waals surface area contributed by atoms with Crippen LogP contribution in [-0.2, 0) is 10.0 Å². The normalized spacial score (nSPS) is 13.7. The van der Waals surface area contributed by atoms with Gasteiger partial charge in [-0.25, -0.2) is 17.1 Å². The molecule has 19 heavy (non-hydrogen) atoms. The Morgan fingerprint density at radius 3 is 2.58 bits per heavy atom. The molecule has 0 amide bonds. The molecule has 0 bridgehead atoms. The Morgan fingerprint density at radius 2 is 2.05 bits per heavy atom. The predicted molar refractivity (Wildman–Crippen MR) is 72.0 cm³/mol. The average Bonchev–Trinajstić information content (AvgIpc) is 2.28. The molecule has 5 nitrogen and oxygen atoms in total. The SMILES string of the molecule is CC(NCCS(=O)(=O)N(C)C)c1ccc(F)cc1O. The predicted octanol–water partition coefficient (Wildman–Crippen LogP) is 1.07. The Kier molecular flexibility index (Phi) is 5.28. The zero-order chi connectivity index (χ0) is 14.6. The molecule has 0 aliphatic rings. The summed E-state index contributed by atoms with van der Waals surface area (Å²) in [6.45, 7) is 2.02. The van der Waals surface area contributed by atoms with E-state index in [0.29, 0.717) is 5.56 Å². The van der Waals surface area contributed by atoms with Crippen molar-refractivity contribution in [2.45, 2.75) is 13.0 Å². The molecule has 0 aliphatic carbocycles. The first-order chi connectivity index (χ1) is 8.74. The first kappa shape index (κ1) is 15.9. The summed E-state index contributed by atoms with van der Waals surface area (Å²) < 4.78 is 37.1. The monoisotopic (exact) mass is 290 g/mol. The van der Waals surface area contributed by atoms with Gasteiger partial charge in [0.1, 0.15) is 11.6 Å². The minimum atomic E-state index is -3.24. The van der Waals surface area contributed by atoms with Crippen LogP contribution in [0.5, 0.6) is 5.75 Å². The highest BCUT2D eigenvalue weighted by Gasteiger charge is 2.15. The van der Waals surface area contributed by atoms with Crippen molar-refractivity contribution in [2.75, 3.05) is 26.4 Å². The Bertz CT molecular complexity index is 532. The van der Waals surface area contributed by atoms with Crippen molar-refractivity contribution in [3.8, 4) is 5.75 Å². The van der Waals surface area contributed by atoms with Gasteiger partial charge in [0.2, 0.25) is 10.0 Å². The second-order valence-corrected chi connectivity index (χ2v) is 6.78. The van der Waals surface area contributed by atoms with Gasteiger partial charge >= 0.3 is 0 Å². The molecule has 0 saturated carbocycles. The van der Waals surface area contributed by atoms with Crippen LogP contribution in [0.15, 0.2) is 18.2 Å². The van der Waals surface area contributed by atoms with Gasteiger partial charge in [0, 0.05) is 38.3 Å². The lowest BCUT2D eigenvalue weighted by molar-refractivity contribution is 0.448. The van der Waals surface area contributed by atoms with Crippen LogP contribution >= 0.6 is 0 Å². The number of nitrogens with zero attached hydrogens (tertiary/aromatic N) is 1. The van der Waals surface area contributed by atoms with Crippen LogP contribution in [0.3, 0.4) is 0 Å². The van der Waals surface area contributed by atoms with Gasteiger partial charge in [-0.3, -0.25) is 0 Å². The van der Waals surface area contributed by atoms with Crippen molar-refractivity contribution >= 4 is 10.0 Å². The minimum Gasteiger partial charge on any atom is -0.508 e. The van der Waals surface area contributed by atoms with Crippen molar-refractivity contribution in [1.82, 2.24) is 9.62 Å². The molecule has 108 valence electrons. The largest absolute Gasteiger partial charge is 0.508 e. The van der Waals surface area contributed by atoms with E-state index < -0.39 is 15.8 Å². The van der Waals surface area contributed by atoms with E-state index in [9.17, 15) is 17.9 Å². The minimum absolute atomic E-state index is 0.0354. The molecule has 7 heteroatoms. The van der Waals surface area contributed by atoms with Crippen LogP contribution in [0.4, 0.5) is 4.39 Å². The summed E-state index contributed by atoms with van der Waals surface area (Å²) in [6.07, 6.45) is 0. The molecule has 0 radical (unpaired) electrons. The second-order valence-electron chi connectivity index (χ2n) is 4.48. The zero-order valence-electron chi connectivity index (χ0n) is 11.2. The maximum Gasteiger partial charge on any atom is 0.214 e. The van der Waals surface area contributed by atoms with Gasteiger partial charge in [-0.2, -0.15) is 0 Å². The summed E-state index contributed by atoms with van der Waals surface area (Å²) >= 11 is 0. The maximum absolute atomic E-state index is 12.8. The number of sulfonamides is 1. The summed E-state index contributed by atoms with van der Waals surface area (Å²) in [7, 11) is -0.291. The van der Waals surface area contributed by atoms with Crippen LogP contribution in [0.25, 0.3) is 0 Å². The van der Waals surface area contributed by atoms with Crippen LogP contribution in [-0.4, -0.2) is 44.2 Å². The lowest BCUT2D eigenvalue weighted by Gasteiger charge is -2.17. The Balaban J connectivity index is 2.59. The molecule has 1 aromatic rings. The van der Waals surface area contributed by atoms with Gasteiger partial charge in [0.25, 0.3) is 0 Å². The molecule has 1 rings (SSSR count). The molecule has 1 unspecified atom stereocenters. The highest BCUT2D eigenvalue weighted by Crippen LogP contribution is 2.24. The Morgan fingerprint density at radius 1 is 1.42 bits per heavy atom. The lowest BCUT2D eigenvalue weighted by Crippen LogP contribution is -2.32. The first-order valence-electron chi connectivity index (χ1n) is 5.86. The van der Waals surface area contributed by atoms with Crippen molar-refractivity contribution in [2.24, 2.45) is 0 Å². The molecule has 0 spiro atoms. The lowest BCUT2D eigenvalue weighted by atomic mass is 10.1. The van der Waals surface area contributed by atoms with E-state index in [2.05, 4.69) is 5.32 Å². The van der Waals surface area contributed by atoms with E-state index in [1.807, 2.05) is 0 Å². The smallest absolute Gasteiger partial charge is 0.214 e. The van der Waals surface area contributed by atoms with Gasteiger partial charge in [0.05, 0.1) is 5.75 Å². The van der Waals surface area contributed by atoms with E-state index >= 15 is 0 Å². The molecule has 0 aliphatic heterocycles. The topological polar surface area (TPSA) is 69.6 Å². The Labute approximate surface area is 113 Å². The third kappa shape index (κ3) is 4.45. The van der Waals surface area contributed by atoms with Gasteiger partial charge < -0.3 is 10.4 Å². The molecule has 1 aromatic carbocycles. The van der Waals surface area contributed by atoms with Crippen molar-refractivity contribution in [3.05, 3.63) is 29.6 Å². The number of phenols is 1. The van der Waals surface area contributed by atoms with Crippen LogP contribution in [0.2, 0.25) is 0 Å². The fourth-order valence-corrected chi connectivity index (χ4v) is 2.32. The number of hydrogen-bond acceptors (Lipinski definition) is 4. The molecule has 0 aromatic heterocycles. The fourth-order valence-electron chi connectivity index (χ4n) is 1.58. The third-order valence-corrected chi connectivity index (χ3v) is 4.66. The van der Waals surface area contributed by atoms with Crippen molar-refractivity contribution in [3.63, 3.8) is 0 Å². The van der Waals surface area contributed by atoms with Gasteiger partial charge in [0.15, 0.2) is 0 Å². The van der Waals surface area contributed by atoms with E-state index in [1.54, 1.807) is 6.92 Å². The van der Waals surface area contributed by atoms with Crippen molar-refractivity contribution in [1.29, 1.82) is 0 Å². The molecule has 0 saturated heterocycles. The number of rotatable bonds is 6. The van der Waals surface area contributed by atoms with E-state index in [0.717, 1.165) is 10.4 Å². The first-order valence-corrected chi connectivity index (χ1v) is 7.47. The number of halogens is 1. The number of benzene rings is 1. The van der Waals surface area contributed by atoms with Crippen LogP contribution in [0, 0.1) is 5.82 Å². The zero-order valence-corrected chi connectivity index (χ0v) is 12.0. The van der Waals surface area contributed by atoms with Gasteiger partial charge in [-0.05, 0) is 13.0 Å². The summed E-state index contributed by atoms with van der Waals surface area (Å²) in [5, 5.41) is 12.6. The van der Waals surface area contributed by atoms with Crippen molar-refractivity contribution < 1.29 is 17.9 Å². The summed E-state index contributed by atoms with van der Waals surface area (Å²) in [5.74, 6) is -0.689. The fraction of sp³-hybridized carbons (Fsp3) is 0.500. The van der Waals surface area contributed by atoms with Gasteiger partial charge in [-0.15, -0.1) is 0 Å². The molecule has 0 heterocycles. The van der Waals surface area contributed by atoms with Crippen LogP contribution < -0.4 is 5.32 Å². The third-order valence-electron chi connectivity index (χ3n) is 2.83. The molecule has 2 N–H and O–H groups in total. The number of phenolic OH excluding ortho intramolecular Hbond substituents is 1. The molecular formula is C12H19FN2O3S.